The molecule has 0 N–H and O–H groups in total. The normalized spacial score (nSPS) is 7.12. The van der Waals surface area contributed by atoms with Crippen LogP contribution in [0, 0.1) is 0 Å². The van der Waals surface area contributed by atoms with Gasteiger partial charge in [-0.3, -0.25) is 0 Å². The first-order valence-electron chi connectivity index (χ1n) is 5.11. The third-order valence-corrected chi connectivity index (χ3v) is 1.20. The van der Waals surface area contributed by atoms with Crippen LogP contribution < -0.4 is 0 Å². The van der Waals surface area contributed by atoms with Gasteiger partial charge in [0.15, 0.2) is 0 Å². The Morgan fingerprint density at radius 2 is 1.31 bits per heavy atom. The number of rotatable bonds is 2. The van der Waals surface area contributed by atoms with Crippen molar-refractivity contribution in [1.29, 1.82) is 0 Å². The minimum absolute atomic E-state index is 1.17. The summed E-state index contributed by atoms with van der Waals surface area (Å²) in [6.07, 6.45) is 5.11. The fourth-order valence-electron chi connectivity index (χ4n) is 0.589. The van der Waals surface area contributed by atoms with E-state index in [0.29, 0.717) is 0 Å². The van der Waals surface area contributed by atoms with Crippen LogP contribution in [0.25, 0.3) is 6.08 Å². The number of benzene rings is 1. The molecule has 0 saturated carbocycles. The SMILES string of the molecule is C=C(C)C.C=CC=C.C=Cc1ccccc1. The molecule has 0 amide bonds. The molecule has 0 fully saturated rings. The molecule has 0 spiro atoms. The van der Waals surface area contributed by atoms with Crippen LogP contribution in [0.2, 0.25) is 0 Å². The minimum atomic E-state index is 1.17. The maximum atomic E-state index is 3.63. The molecule has 16 heavy (non-hydrogen) atoms. The zero-order valence-electron chi connectivity index (χ0n) is 10.4. The first kappa shape index (κ1) is 16.6. The van der Waals surface area contributed by atoms with Crippen LogP contribution in [0.15, 0.2) is 74.4 Å². The largest absolute Gasteiger partial charge is 0.100 e. The molecule has 0 aliphatic heterocycles. The molecule has 0 bridgehead atoms. The van der Waals surface area contributed by atoms with Gasteiger partial charge < -0.3 is 0 Å². The van der Waals surface area contributed by atoms with Gasteiger partial charge in [-0.25, -0.2) is 0 Å². The zero-order valence-corrected chi connectivity index (χ0v) is 10.4. The number of hydrogen-bond donors (Lipinski definition) is 0. The summed E-state index contributed by atoms with van der Waals surface area (Å²) in [7, 11) is 0. The highest BCUT2D eigenvalue weighted by Crippen LogP contribution is 1.97. The van der Waals surface area contributed by atoms with Crippen molar-refractivity contribution in [2.75, 3.05) is 0 Å². The molecular weight excluding hydrogens is 192 g/mol. The third-order valence-electron chi connectivity index (χ3n) is 1.20. The molecule has 0 aliphatic rings. The molecule has 1 rings (SSSR count). The van der Waals surface area contributed by atoms with Crippen LogP contribution in [-0.4, -0.2) is 0 Å². The van der Waals surface area contributed by atoms with E-state index in [1.807, 2.05) is 50.3 Å². The van der Waals surface area contributed by atoms with Gasteiger partial charge in [0.2, 0.25) is 0 Å². The Morgan fingerprint density at radius 3 is 1.50 bits per heavy atom. The van der Waals surface area contributed by atoms with Gasteiger partial charge in [0.1, 0.15) is 0 Å². The van der Waals surface area contributed by atoms with Crippen molar-refractivity contribution >= 4 is 6.08 Å². The second-order valence-corrected chi connectivity index (χ2v) is 3.29. The summed E-state index contributed by atoms with van der Waals surface area (Å²) in [5.74, 6) is 0. The van der Waals surface area contributed by atoms with Crippen molar-refractivity contribution in [2.24, 2.45) is 0 Å². The van der Waals surface area contributed by atoms with E-state index in [1.54, 1.807) is 12.2 Å². The lowest BCUT2D eigenvalue weighted by molar-refractivity contribution is 1.42. The summed E-state index contributed by atoms with van der Waals surface area (Å²) >= 11 is 0. The van der Waals surface area contributed by atoms with Crippen LogP contribution >= 0.6 is 0 Å². The molecule has 86 valence electrons. The molecule has 0 unspecified atom stereocenters. The van der Waals surface area contributed by atoms with E-state index < -0.39 is 0 Å². The van der Waals surface area contributed by atoms with E-state index in [0.717, 1.165) is 0 Å². The topological polar surface area (TPSA) is 0 Å². The summed E-state index contributed by atoms with van der Waals surface area (Å²) in [6, 6.07) is 10.0. The van der Waals surface area contributed by atoms with Gasteiger partial charge in [-0.15, -0.1) is 6.58 Å². The van der Waals surface area contributed by atoms with Crippen molar-refractivity contribution < 1.29 is 0 Å². The molecule has 0 nitrogen and oxygen atoms in total. The molecule has 0 atom stereocenters. The molecule has 0 aliphatic carbocycles. The van der Waals surface area contributed by atoms with Gasteiger partial charge in [-0.05, 0) is 19.4 Å². The second-order valence-electron chi connectivity index (χ2n) is 3.29. The minimum Gasteiger partial charge on any atom is -0.100 e. The van der Waals surface area contributed by atoms with Crippen LogP contribution in [0.3, 0.4) is 0 Å². The molecular formula is C16H22. The van der Waals surface area contributed by atoms with Crippen molar-refractivity contribution in [3.8, 4) is 0 Å². The Hall–Kier alpha value is -1.82. The summed E-state index contributed by atoms with van der Waals surface area (Å²) in [5.41, 5.74) is 2.34. The Labute approximate surface area is 100 Å². The maximum Gasteiger partial charge on any atom is -0.0263 e. The Kier molecular flexibility index (Phi) is 13.7. The highest BCUT2D eigenvalue weighted by Gasteiger charge is 1.75. The molecule has 0 heterocycles. The predicted molar refractivity (Wildman–Crippen MR) is 77.4 cm³/mol. The molecule has 0 saturated heterocycles. The smallest absolute Gasteiger partial charge is 0.0263 e. The van der Waals surface area contributed by atoms with Crippen molar-refractivity contribution in [1.82, 2.24) is 0 Å². The van der Waals surface area contributed by atoms with E-state index in [9.17, 15) is 0 Å². The summed E-state index contributed by atoms with van der Waals surface area (Å²) in [5, 5.41) is 0. The maximum absolute atomic E-state index is 3.63. The van der Waals surface area contributed by atoms with Crippen molar-refractivity contribution in [2.45, 2.75) is 13.8 Å². The van der Waals surface area contributed by atoms with Crippen LogP contribution in [0.5, 0.6) is 0 Å². The lowest BCUT2D eigenvalue weighted by Crippen LogP contribution is -1.63. The molecule has 1 aromatic rings. The average Bonchev–Trinajstić information content (AvgIpc) is 2.30. The highest BCUT2D eigenvalue weighted by molar-refractivity contribution is 5.45. The lowest BCUT2D eigenvalue weighted by atomic mass is 10.2. The lowest BCUT2D eigenvalue weighted by Gasteiger charge is -1.85. The van der Waals surface area contributed by atoms with Gasteiger partial charge in [-0.2, -0.15) is 0 Å². The highest BCUT2D eigenvalue weighted by atomic mass is 13.8. The first-order valence-corrected chi connectivity index (χ1v) is 5.11. The first-order chi connectivity index (χ1) is 7.58. The van der Waals surface area contributed by atoms with Crippen LogP contribution in [0.1, 0.15) is 19.4 Å². The fraction of sp³-hybridized carbons (Fsp3) is 0.125. The number of allylic oxidation sites excluding steroid dienone is 3. The predicted octanol–water partition coefficient (Wildman–Crippen LogP) is 5.27. The summed E-state index contributed by atoms with van der Waals surface area (Å²) in [6.45, 7) is 17.9. The van der Waals surface area contributed by atoms with E-state index in [2.05, 4.69) is 26.3 Å². The average molecular weight is 214 g/mol. The zero-order chi connectivity index (χ0) is 12.8. The monoisotopic (exact) mass is 214 g/mol. The summed E-state index contributed by atoms with van der Waals surface area (Å²) in [4.78, 5) is 0. The van der Waals surface area contributed by atoms with Gasteiger partial charge >= 0.3 is 0 Å². The Morgan fingerprint density at radius 1 is 0.938 bits per heavy atom. The van der Waals surface area contributed by atoms with Crippen molar-refractivity contribution in [3.63, 3.8) is 0 Å². The summed E-state index contributed by atoms with van der Waals surface area (Å²) < 4.78 is 0. The fourth-order valence-corrected chi connectivity index (χ4v) is 0.589. The standard InChI is InChI=1S/C8H8.C4H8.C4H6/c1-2-8-6-4-3-5-7-8;1-4(2)3;1-3-4-2/h2-7H,1H2;1H2,2-3H3;3-4H,1-2H2. The van der Waals surface area contributed by atoms with Crippen LogP contribution in [0.4, 0.5) is 0 Å². The Bertz CT molecular complexity index is 294. The van der Waals surface area contributed by atoms with Gasteiger partial charge in [-0.1, -0.05) is 73.9 Å². The van der Waals surface area contributed by atoms with E-state index in [1.165, 1.54) is 11.1 Å². The molecule has 1 aromatic carbocycles. The van der Waals surface area contributed by atoms with Gasteiger partial charge in [0.05, 0.1) is 0 Å². The molecule has 0 radical (unpaired) electrons. The number of hydrogen-bond acceptors (Lipinski definition) is 0. The van der Waals surface area contributed by atoms with E-state index in [4.69, 9.17) is 0 Å². The second kappa shape index (κ2) is 13.2. The third kappa shape index (κ3) is 18.1. The molecule has 0 heteroatoms. The Balaban J connectivity index is 0. The van der Waals surface area contributed by atoms with Gasteiger partial charge in [0.25, 0.3) is 0 Å². The van der Waals surface area contributed by atoms with E-state index in [-0.39, 0.29) is 0 Å². The van der Waals surface area contributed by atoms with Crippen LogP contribution in [-0.2, 0) is 0 Å². The van der Waals surface area contributed by atoms with Gasteiger partial charge in [0, 0.05) is 0 Å². The quantitative estimate of drug-likeness (QED) is 0.464. The van der Waals surface area contributed by atoms with Crippen molar-refractivity contribution in [3.05, 3.63) is 79.9 Å². The van der Waals surface area contributed by atoms with E-state index >= 15 is 0 Å². The molecule has 0 aromatic heterocycles.